The highest BCUT2D eigenvalue weighted by molar-refractivity contribution is 5.95. The fraction of sp³-hybridized carbons (Fsp3) is 0.318. The predicted molar refractivity (Wildman–Crippen MR) is 112 cm³/mol. The molecule has 2 amide bonds. The molecule has 1 spiro atoms. The van der Waals surface area contributed by atoms with Crippen molar-refractivity contribution in [1.82, 2.24) is 25.5 Å². The molecule has 2 aliphatic rings. The van der Waals surface area contributed by atoms with E-state index in [1.807, 2.05) is 36.4 Å². The molecule has 3 aromatic rings. The van der Waals surface area contributed by atoms with Crippen molar-refractivity contribution in [2.24, 2.45) is 0 Å². The molecule has 0 radical (unpaired) electrons. The van der Waals surface area contributed by atoms with Crippen LogP contribution in [-0.2, 0) is 9.53 Å². The fourth-order valence-electron chi connectivity index (χ4n) is 3.94. The van der Waals surface area contributed by atoms with Crippen molar-refractivity contribution in [2.45, 2.75) is 5.54 Å². The van der Waals surface area contributed by atoms with Crippen LogP contribution >= 0.6 is 0 Å². The molecule has 5 rings (SSSR count). The zero-order valence-electron chi connectivity index (χ0n) is 16.5. The van der Waals surface area contributed by atoms with E-state index in [-0.39, 0.29) is 11.8 Å². The summed E-state index contributed by atoms with van der Waals surface area (Å²) in [6, 6.07) is 13.7. The van der Waals surface area contributed by atoms with Crippen LogP contribution < -0.4 is 10.6 Å². The van der Waals surface area contributed by atoms with Crippen LogP contribution in [0.2, 0.25) is 0 Å². The Morgan fingerprint density at radius 2 is 1.80 bits per heavy atom. The van der Waals surface area contributed by atoms with Gasteiger partial charge in [0.05, 0.1) is 30.6 Å². The van der Waals surface area contributed by atoms with E-state index in [0.717, 1.165) is 22.2 Å². The Balaban J connectivity index is 1.30. The van der Waals surface area contributed by atoms with Crippen molar-refractivity contribution in [2.75, 3.05) is 39.4 Å². The monoisotopic (exact) mass is 405 g/mol. The summed E-state index contributed by atoms with van der Waals surface area (Å²) in [5.74, 6) is -0.0935. The van der Waals surface area contributed by atoms with Crippen molar-refractivity contribution < 1.29 is 14.3 Å². The quantitative estimate of drug-likeness (QED) is 0.594. The van der Waals surface area contributed by atoms with Gasteiger partial charge in [-0.1, -0.05) is 18.2 Å². The number of rotatable bonds is 2. The highest BCUT2D eigenvalue weighted by Crippen LogP contribution is 2.24. The molecule has 8 nitrogen and oxygen atoms in total. The van der Waals surface area contributed by atoms with Gasteiger partial charge in [-0.3, -0.25) is 14.9 Å². The first-order valence-electron chi connectivity index (χ1n) is 10.1. The number of nitrogens with one attached hydrogen (secondary N) is 3. The molecule has 2 aliphatic heterocycles. The van der Waals surface area contributed by atoms with Gasteiger partial charge in [-0.2, -0.15) is 0 Å². The lowest BCUT2D eigenvalue weighted by Crippen LogP contribution is -2.69. The van der Waals surface area contributed by atoms with Gasteiger partial charge in [0.2, 0.25) is 5.91 Å². The SMILES string of the molecule is O=C(c1ccc(-c2ccc3nc[nH]c3c2)cc1)N1CCNC(=O)C2(COC2)NCC1. The third kappa shape index (κ3) is 3.34. The molecule has 0 aliphatic carbocycles. The smallest absolute Gasteiger partial charge is 0.253 e. The van der Waals surface area contributed by atoms with Crippen LogP contribution in [0.15, 0.2) is 48.8 Å². The maximum Gasteiger partial charge on any atom is 0.253 e. The Morgan fingerprint density at radius 3 is 2.57 bits per heavy atom. The summed E-state index contributed by atoms with van der Waals surface area (Å²) in [6.07, 6.45) is 1.68. The predicted octanol–water partition coefficient (Wildman–Crippen LogP) is 1.16. The molecule has 30 heavy (non-hydrogen) atoms. The first kappa shape index (κ1) is 18.8. The number of aromatic amines is 1. The van der Waals surface area contributed by atoms with Gasteiger partial charge in [-0.05, 0) is 35.4 Å². The molecular weight excluding hydrogens is 382 g/mol. The Hall–Kier alpha value is -3.23. The van der Waals surface area contributed by atoms with Gasteiger partial charge in [0.25, 0.3) is 5.91 Å². The molecule has 0 bridgehead atoms. The third-order valence-corrected chi connectivity index (χ3v) is 5.82. The Bertz CT molecular complexity index is 1090. The summed E-state index contributed by atoms with van der Waals surface area (Å²) in [6.45, 7) is 2.73. The summed E-state index contributed by atoms with van der Waals surface area (Å²) in [7, 11) is 0. The number of fused-ring (bicyclic) bond motifs is 1. The standard InChI is InChI=1S/C22H23N5O3/c28-20(27-9-7-23-21(29)22(12-30-13-22)26-8-10-27)16-3-1-15(2-4-16)17-5-6-18-19(11-17)25-14-24-18/h1-6,11,14,26H,7-10,12-13H2,(H,23,29)(H,24,25). The van der Waals surface area contributed by atoms with Crippen LogP contribution in [0.25, 0.3) is 22.2 Å². The van der Waals surface area contributed by atoms with Crippen molar-refractivity contribution >= 4 is 22.8 Å². The van der Waals surface area contributed by atoms with E-state index in [0.29, 0.717) is 45.0 Å². The van der Waals surface area contributed by atoms with E-state index in [1.165, 1.54) is 0 Å². The lowest BCUT2D eigenvalue weighted by molar-refractivity contribution is -0.147. The van der Waals surface area contributed by atoms with E-state index in [2.05, 4.69) is 26.7 Å². The van der Waals surface area contributed by atoms with Crippen LogP contribution in [0, 0.1) is 0 Å². The van der Waals surface area contributed by atoms with Gasteiger partial charge < -0.3 is 19.9 Å². The molecule has 2 aromatic carbocycles. The van der Waals surface area contributed by atoms with Crippen LogP contribution in [0.4, 0.5) is 0 Å². The number of imidazole rings is 1. The minimum atomic E-state index is -0.642. The summed E-state index contributed by atoms with van der Waals surface area (Å²) in [4.78, 5) is 34.5. The van der Waals surface area contributed by atoms with E-state index in [9.17, 15) is 9.59 Å². The van der Waals surface area contributed by atoms with Crippen molar-refractivity contribution in [1.29, 1.82) is 0 Å². The minimum Gasteiger partial charge on any atom is -0.376 e. The molecule has 0 saturated carbocycles. The van der Waals surface area contributed by atoms with Crippen LogP contribution in [-0.4, -0.2) is 71.6 Å². The van der Waals surface area contributed by atoms with Crippen molar-refractivity contribution in [3.8, 4) is 11.1 Å². The zero-order valence-corrected chi connectivity index (χ0v) is 16.5. The van der Waals surface area contributed by atoms with Gasteiger partial charge in [-0.25, -0.2) is 4.98 Å². The Labute approximate surface area is 173 Å². The van der Waals surface area contributed by atoms with E-state index in [1.54, 1.807) is 11.2 Å². The molecule has 3 N–H and O–H groups in total. The molecular formula is C22H23N5O3. The highest BCUT2D eigenvalue weighted by Gasteiger charge is 2.45. The number of H-pyrrole nitrogens is 1. The van der Waals surface area contributed by atoms with Gasteiger partial charge in [-0.15, -0.1) is 0 Å². The molecule has 3 heterocycles. The number of hydrogen-bond donors (Lipinski definition) is 3. The summed E-state index contributed by atoms with van der Waals surface area (Å²) < 4.78 is 5.22. The lowest BCUT2D eigenvalue weighted by Gasteiger charge is -2.40. The van der Waals surface area contributed by atoms with Crippen LogP contribution in [0.5, 0.6) is 0 Å². The van der Waals surface area contributed by atoms with Crippen LogP contribution in [0.3, 0.4) is 0 Å². The number of hydrogen-bond acceptors (Lipinski definition) is 5. The van der Waals surface area contributed by atoms with Crippen LogP contribution in [0.1, 0.15) is 10.4 Å². The van der Waals surface area contributed by atoms with Crippen molar-refractivity contribution in [3.63, 3.8) is 0 Å². The number of aromatic nitrogens is 2. The number of amides is 2. The second kappa shape index (κ2) is 7.55. The summed E-state index contributed by atoms with van der Waals surface area (Å²) in [5.41, 5.74) is 4.00. The van der Waals surface area contributed by atoms with Gasteiger partial charge in [0, 0.05) is 31.7 Å². The normalized spacial score (nSPS) is 18.9. The zero-order chi connectivity index (χ0) is 20.6. The van der Waals surface area contributed by atoms with E-state index in [4.69, 9.17) is 4.74 Å². The lowest BCUT2D eigenvalue weighted by atomic mass is 9.96. The molecule has 2 saturated heterocycles. The third-order valence-electron chi connectivity index (χ3n) is 5.82. The van der Waals surface area contributed by atoms with E-state index >= 15 is 0 Å². The second-order valence-corrected chi connectivity index (χ2v) is 7.76. The minimum absolute atomic E-state index is 0.0394. The molecule has 1 aromatic heterocycles. The van der Waals surface area contributed by atoms with Gasteiger partial charge in [0.15, 0.2) is 0 Å². The first-order chi connectivity index (χ1) is 14.6. The number of ether oxygens (including phenoxy) is 1. The first-order valence-corrected chi connectivity index (χ1v) is 10.1. The van der Waals surface area contributed by atoms with Gasteiger partial charge in [0.1, 0.15) is 5.54 Å². The Morgan fingerprint density at radius 1 is 1.03 bits per heavy atom. The average molecular weight is 405 g/mol. The fourth-order valence-corrected chi connectivity index (χ4v) is 3.94. The number of carbonyl (C=O) groups excluding carboxylic acids is 2. The summed E-state index contributed by atoms with van der Waals surface area (Å²) >= 11 is 0. The number of carbonyl (C=O) groups is 2. The molecule has 2 fully saturated rings. The van der Waals surface area contributed by atoms with E-state index < -0.39 is 5.54 Å². The highest BCUT2D eigenvalue weighted by atomic mass is 16.5. The number of benzene rings is 2. The largest absolute Gasteiger partial charge is 0.376 e. The molecule has 0 atom stereocenters. The van der Waals surface area contributed by atoms with Crippen molar-refractivity contribution in [3.05, 3.63) is 54.4 Å². The molecule has 0 unspecified atom stereocenters. The molecule has 154 valence electrons. The van der Waals surface area contributed by atoms with Gasteiger partial charge >= 0.3 is 0 Å². The second-order valence-electron chi connectivity index (χ2n) is 7.76. The molecule has 8 heteroatoms. The average Bonchev–Trinajstić information content (AvgIpc) is 3.23. The maximum absolute atomic E-state index is 13.0. The summed E-state index contributed by atoms with van der Waals surface area (Å²) in [5, 5.41) is 6.18. The number of nitrogens with zero attached hydrogens (tertiary/aromatic N) is 2. The topological polar surface area (TPSA) is 99.4 Å². The Kier molecular flexibility index (Phi) is 4.72. The maximum atomic E-state index is 13.0.